The van der Waals surface area contributed by atoms with Gasteiger partial charge in [0.1, 0.15) is 0 Å². The minimum Gasteiger partial charge on any atom is -0.394 e. The Balaban J connectivity index is 1.90. The second kappa shape index (κ2) is 7.24. The average Bonchev–Trinajstić information content (AvgIpc) is 2.71. The number of aryl methyl sites for hydroxylation is 1. The van der Waals surface area contributed by atoms with Crippen molar-refractivity contribution in [3.8, 4) is 0 Å². The molecular formula is C15H22N2O2. The third-order valence-corrected chi connectivity index (χ3v) is 3.73. The zero-order valence-corrected chi connectivity index (χ0v) is 11.3. The number of carbonyl (C=O) groups excluding carboxylic acids is 1. The first kappa shape index (κ1) is 14.0. The van der Waals surface area contributed by atoms with Gasteiger partial charge in [-0.25, -0.2) is 0 Å². The third kappa shape index (κ3) is 4.03. The zero-order valence-electron chi connectivity index (χ0n) is 11.3. The van der Waals surface area contributed by atoms with Gasteiger partial charge in [0.15, 0.2) is 0 Å². The number of aliphatic hydroxyl groups is 1. The highest BCUT2D eigenvalue weighted by Gasteiger charge is 2.24. The molecule has 2 heterocycles. The lowest BCUT2D eigenvalue weighted by Crippen LogP contribution is -2.42. The van der Waals surface area contributed by atoms with Crippen LogP contribution in [0.4, 0.5) is 0 Å². The molecule has 0 saturated carbocycles. The van der Waals surface area contributed by atoms with Crippen LogP contribution in [0, 0.1) is 0 Å². The summed E-state index contributed by atoms with van der Waals surface area (Å²) in [5.74, 6) is 0.145. The summed E-state index contributed by atoms with van der Waals surface area (Å²) in [4.78, 5) is 18.4. The minimum atomic E-state index is 0.0127. The summed E-state index contributed by atoms with van der Waals surface area (Å²) in [5, 5.41) is 9.41. The number of hydrogen-bond acceptors (Lipinski definition) is 3. The molecule has 1 saturated heterocycles. The summed E-state index contributed by atoms with van der Waals surface area (Å²) in [6.07, 6.45) is 7.14. The Kier molecular flexibility index (Phi) is 5.33. The van der Waals surface area contributed by atoms with Crippen molar-refractivity contribution in [1.82, 2.24) is 9.88 Å². The van der Waals surface area contributed by atoms with E-state index in [0.717, 1.165) is 37.9 Å². The number of carbonyl (C=O) groups is 1. The van der Waals surface area contributed by atoms with Crippen molar-refractivity contribution in [3.05, 3.63) is 30.1 Å². The number of amides is 1. The van der Waals surface area contributed by atoms with Crippen molar-refractivity contribution < 1.29 is 9.90 Å². The van der Waals surface area contributed by atoms with Crippen LogP contribution in [0.15, 0.2) is 24.4 Å². The maximum atomic E-state index is 12.3. The van der Waals surface area contributed by atoms with Gasteiger partial charge in [0, 0.05) is 24.9 Å². The Bertz CT molecular complexity index is 394. The maximum Gasteiger partial charge on any atom is 0.223 e. The van der Waals surface area contributed by atoms with Crippen molar-refractivity contribution in [2.45, 2.75) is 44.6 Å². The molecular weight excluding hydrogens is 240 g/mol. The normalized spacial score (nSPS) is 20.1. The van der Waals surface area contributed by atoms with E-state index in [1.807, 2.05) is 23.1 Å². The first-order valence-electron chi connectivity index (χ1n) is 7.11. The van der Waals surface area contributed by atoms with Gasteiger partial charge in [-0.3, -0.25) is 9.78 Å². The summed E-state index contributed by atoms with van der Waals surface area (Å²) in [6.45, 7) is 0.863. The molecule has 0 aliphatic carbocycles. The van der Waals surface area contributed by atoms with E-state index in [1.54, 1.807) is 6.20 Å². The monoisotopic (exact) mass is 262 g/mol. The molecule has 19 heavy (non-hydrogen) atoms. The highest BCUT2D eigenvalue weighted by molar-refractivity contribution is 5.76. The van der Waals surface area contributed by atoms with Gasteiger partial charge in [0.25, 0.3) is 0 Å². The summed E-state index contributed by atoms with van der Waals surface area (Å²) in [6, 6.07) is 5.77. The number of nitrogens with zero attached hydrogens (tertiary/aromatic N) is 2. The molecule has 1 fully saturated rings. The van der Waals surface area contributed by atoms with Gasteiger partial charge in [-0.2, -0.15) is 0 Å². The van der Waals surface area contributed by atoms with E-state index in [2.05, 4.69) is 4.98 Å². The van der Waals surface area contributed by atoms with Crippen LogP contribution >= 0.6 is 0 Å². The lowest BCUT2D eigenvalue weighted by molar-refractivity contribution is -0.134. The van der Waals surface area contributed by atoms with Crippen LogP contribution in [0.5, 0.6) is 0 Å². The van der Waals surface area contributed by atoms with Crippen molar-refractivity contribution >= 4 is 5.91 Å². The fourth-order valence-corrected chi connectivity index (χ4v) is 2.62. The first-order chi connectivity index (χ1) is 9.31. The molecule has 1 aliphatic heterocycles. The number of hydrogen-bond donors (Lipinski definition) is 1. The molecule has 1 amide bonds. The molecule has 1 N–H and O–H groups in total. The van der Waals surface area contributed by atoms with Gasteiger partial charge < -0.3 is 10.0 Å². The smallest absolute Gasteiger partial charge is 0.223 e. The number of aromatic nitrogens is 1. The molecule has 0 radical (unpaired) electrons. The molecule has 1 aromatic rings. The number of likely N-dealkylation sites (tertiary alicyclic amines) is 1. The molecule has 2 rings (SSSR count). The predicted octanol–water partition coefficient (Wildman–Crippen LogP) is 1.78. The molecule has 1 atom stereocenters. The van der Waals surface area contributed by atoms with E-state index in [-0.39, 0.29) is 18.6 Å². The van der Waals surface area contributed by atoms with E-state index in [1.165, 1.54) is 0 Å². The Labute approximate surface area is 114 Å². The van der Waals surface area contributed by atoms with Crippen LogP contribution in [0.2, 0.25) is 0 Å². The standard InChI is InChI=1S/C15H22N2O2/c18-12-14-7-2-1-5-11-17(14)15(19)9-8-13-6-3-4-10-16-13/h3-4,6,10,14,18H,1-2,5,7-9,11-12H2. The van der Waals surface area contributed by atoms with Crippen LogP contribution in [0.3, 0.4) is 0 Å². The van der Waals surface area contributed by atoms with E-state index in [0.29, 0.717) is 12.8 Å². The van der Waals surface area contributed by atoms with Crippen molar-refractivity contribution in [2.24, 2.45) is 0 Å². The van der Waals surface area contributed by atoms with Crippen LogP contribution in [0.25, 0.3) is 0 Å². The van der Waals surface area contributed by atoms with Crippen molar-refractivity contribution in [1.29, 1.82) is 0 Å². The van der Waals surface area contributed by atoms with Gasteiger partial charge in [-0.05, 0) is 31.4 Å². The van der Waals surface area contributed by atoms with Gasteiger partial charge in [-0.1, -0.05) is 18.9 Å². The molecule has 104 valence electrons. The predicted molar refractivity (Wildman–Crippen MR) is 73.6 cm³/mol. The van der Waals surface area contributed by atoms with Crippen molar-refractivity contribution in [3.63, 3.8) is 0 Å². The van der Waals surface area contributed by atoms with E-state index in [4.69, 9.17) is 0 Å². The van der Waals surface area contributed by atoms with E-state index < -0.39 is 0 Å². The third-order valence-electron chi connectivity index (χ3n) is 3.73. The Morgan fingerprint density at radius 1 is 1.37 bits per heavy atom. The van der Waals surface area contributed by atoms with Gasteiger partial charge in [0.05, 0.1) is 12.6 Å². The largest absolute Gasteiger partial charge is 0.394 e. The quantitative estimate of drug-likeness (QED) is 0.900. The fourth-order valence-electron chi connectivity index (χ4n) is 2.62. The van der Waals surface area contributed by atoms with E-state index >= 15 is 0 Å². The first-order valence-corrected chi connectivity index (χ1v) is 7.11. The number of aliphatic hydroxyl groups excluding tert-OH is 1. The zero-order chi connectivity index (χ0) is 13.5. The molecule has 0 aromatic carbocycles. The molecule has 1 aromatic heterocycles. The Morgan fingerprint density at radius 2 is 2.26 bits per heavy atom. The topological polar surface area (TPSA) is 53.4 Å². The molecule has 4 nitrogen and oxygen atoms in total. The maximum absolute atomic E-state index is 12.3. The summed E-state index contributed by atoms with van der Waals surface area (Å²) in [7, 11) is 0. The highest BCUT2D eigenvalue weighted by Crippen LogP contribution is 2.17. The second-order valence-corrected chi connectivity index (χ2v) is 5.09. The van der Waals surface area contributed by atoms with Gasteiger partial charge in [-0.15, -0.1) is 0 Å². The van der Waals surface area contributed by atoms with Gasteiger partial charge >= 0.3 is 0 Å². The Morgan fingerprint density at radius 3 is 3.00 bits per heavy atom. The lowest BCUT2D eigenvalue weighted by atomic mass is 10.1. The second-order valence-electron chi connectivity index (χ2n) is 5.09. The Hall–Kier alpha value is -1.42. The average molecular weight is 262 g/mol. The lowest BCUT2D eigenvalue weighted by Gasteiger charge is -2.28. The molecule has 0 bridgehead atoms. The van der Waals surface area contributed by atoms with Crippen LogP contribution in [-0.2, 0) is 11.2 Å². The minimum absolute atomic E-state index is 0.0127. The van der Waals surface area contributed by atoms with Gasteiger partial charge in [0.2, 0.25) is 5.91 Å². The summed E-state index contributed by atoms with van der Waals surface area (Å²) in [5.41, 5.74) is 0.950. The molecule has 0 spiro atoms. The van der Waals surface area contributed by atoms with Crippen LogP contribution in [0.1, 0.15) is 37.8 Å². The van der Waals surface area contributed by atoms with E-state index in [9.17, 15) is 9.90 Å². The highest BCUT2D eigenvalue weighted by atomic mass is 16.3. The molecule has 4 heteroatoms. The fraction of sp³-hybridized carbons (Fsp3) is 0.600. The molecule has 1 unspecified atom stereocenters. The molecule has 1 aliphatic rings. The van der Waals surface area contributed by atoms with Crippen LogP contribution in [-0.4, -0.2) is 40.1 Å². The summed E-state index contributed by atoms with van der Waals surface area (Å²) < 4.78 is 0. The van der Waals surface area contributed by atoms with Crippen molar-refractivity contribution in [2.75, 3.05) is 13.2 Å². The van der Waals surface area contributed by atoms with Crippen LogP contribution < -0.4 is 0 Å². The number of pyridine rings is 1. The summed E-state index contributed by atoms with van der Waals surface area (Å²) >= 11 is 0. The number of rotatable bonds is 4. The SMILES string of the molecule is O=C(CCc1ccccn1)N1CCCCCC1CO.